The molecule has 0 saturated heterocycles. The molecule has 6 nitrogen and oxygen atoms in total. The summed E-state index contributed by atoms with van der Waals surface area (Å²) in [7, 11) is -1.52. The Bertz CT molecular complexity index is 1550. The molecular weight excluding hydrogens is 530 g/mol. The summed E-state index contributed by atoms with van der Waals surface area (Å²) in [6, 6.07) is 13.0. The molecule has 1 aliphatic heterocycles. The SMILES string of the molecule is CC(C)(C)C(=O)Oc1ccc2c(c1)N(C(=O)Oc1ccccc1)C(C#C/C=C\C#C[Si](C)(C)C)C1=C2C(=O)CCC1. The van der Waals surface area contributed by atoms with Gasteiger partial charge in [0.05, 0.1) is 11.1 Å². The first-order valence-corrected chi connectivity index (χ1v) is 17.2. The maximum atomic E-state index is 13.8. The van der Waals surface area contributed by atoms with Gasteiger partial charge in [0.2, 0.25) is 0 Å². The number of esters is 1. The average Bonchev–Trinajstić information content (AvgIpc) is 2.89. The van der Waals surface area contributed by atoms with Crippen LogP contribution in [0.5, 0.6) is 11.5 Å². The van der Waals surface area contributed by atoms with Crippen LogP contribution in [0.3, 0.4) is 0 Å². The molecule has 0 spiro atoms. The lowest BCUT2D eigenvalue weighted by Crippen LogP contribution is -2.46. The van der Waals surface area contributed by atoms with Gasteiger partial charge in [-0.1, -0.05) is 55.6 Å². The van der Waals surface area contributed by atoms with E-state index in [1.165, 1.54) is 4.90 Å². The second-order valence-corrected chi connectivity index (χ2v) is 16.8. The number of rotatable bonds is 2. The number of Topliss-reactive ketones (excluding diaryl/α,β-unsaturated/α-hetero) is 1. The second-order valence-electron chi connectivity index (χ2n) is 12.1. The molecule has 0 saturated carbocycles. The van der Waals surface area contributed by atoms with Crippen LogP contribution >= 0.6 is 0 Å². The Morgan fingerprint density at radius 2 is 1.66 bits per heavy atom. The molecule has 1 amide bonds. The molecule has 0 aromatic heterocycles. The number of hydrogen-bond donors (Lipinski definition) is 0. The predicted octanol–water partition coefficient (Wildman–Crippen LogP) is 6.97. The Labute approximate surface area is 243 Å². The molecule has 1 atom stereocenters. The first-order valence-electron chi connectivity index (χ1n) is 13.7. The van der Waals surface area contributed by atoms with Crippen molar-refractivity contribution in [1.82, 2.24) is 0 Å². The van der Waals surface area contributed by atoms with Crippen molar-refractivity contribution in [1.29, 1.82) is 0 Å². The molecule has 210 valence electrons. The molecule has 4 rings (SSSR count). The summed E-state index contributed by atoms with van der Waals surface area (Å²) in [6.07, 6.45) is 4.43. The van der Waals surface area contributed by atoms with Crippen molar-refractivity contribution in [3.8, 4) is 34.8 Å². The summed E-state index contributed by atoms with van der Waals surface area (Å²) in [5, 5.41) is 0. The zero-order valence-corrected chi connectivity index (χ0v) is 25.5. The van der Waals surface area contributed by atoms with Crippen molar-refractivity contribution in [2.45, 2.75) is 65.7 Å². The molecule has 0 N–H and O–H groups in total. The average molecular weight is 566 g/mol. The van der Waals surface area contributed by atoms with Crippen molar-refractivity contribution in [3.05, 3.63) is 71.8 Å². The lowest BCUT2D eigenvalue weighted by Gasteiger charge is -2.38. The van der Waals surface area contributed by atoms with Crippen LogP contribution in [-0.4, -0.2) is 32.0 Å². The molecule has 1 unspecified atom stereocenters. The number of allylic oxidation sites excluding steroid dienone is 3. The number of amides is 1. The molecular formula is C34H35NO5Si. The minimum Gasteiger partial charge on any atom is -0.426 e. The van der Waals surface area contributed by atoms with Crippen LogP contribution in [0.1, 0.15) is 45.6 Å². The van der Waals surface area contributed by atoms with E-state index in [-0.39, 0.29) is 11.5 Å². The van der Waals surface area contributed by atoms with E-state index in [4.69, 9.17) is 9.47 Å². The Kier molecular flexibility index (Phi) is 8.71. The minimum absolute atomic E-state index is 0.00589. The zero-order valence-electron chi connectivity index (χ0n) is 24.5. The number of hydrogen-bond acceptors (Lipinski definition) is 5. The van der Waals surface area contributed by atoms with Crippen LogP contribution < -0.4 is 14.4 Å². The largest absolute Gasteiger partial charge is 0.426 e. The fourth-order valence-electron chi connectivity index (χ4n) is 4.47. The van der Waals surface area contributed by atoms with Crippen LogP contribution in [-0.2, 0) is 9.59 Å². The van der Waals surface area contributed by atoms with Crippen molar-refractivity contribution < 1.29 is 23.9 Å². The smallest absolute Gasteiger partial charge is 0.421 e. The number of carbonyl (C=O) groups excluding carboxylic acids is 3. The zero-order chi connectivity index (χ0) is 29.8. The van der Waals surface area contributed by atoms with E-state index in [9.17, 15) is 14.4 Å². The highest BCUT2D eigenvalue weighted by molar-refractivity contribution is 6.83. The van der Waals surface area contributed by atoms with Gasteiger partial charge in [-0.3, -0.25) is 14.5 Å². The third kappa shape index (κ3) is 7.25. The van der Waals surface area contributed by atoms with Gasteiger partial charge in [-0.15, -0.1) is 5.54 Å². The van der Waals surface area contributed by atoms with Gasteiger partial charge >= 0.3 is 12.1 Å². The Balaban J connectivity index is 1.83. The van der Waals surface area contributed by atoms with E-state index in [0.29, 0.717) is 41.8 Å². The fourth-order valence-corrected chi connectivity index (χ4v) is 4.98. The summed E-state index contributed by atoms with van der Waals surface area (Å²) in [4.78, 5) is 41.2. The number of anilines is 1. The van der Waals surface area contributed by atoms with Crippen LogP contribution in [0.25, 0.3) is 5.57 Å². The van der Waals surface area contributed by atoms with Crippen LogP contribution in [0.4, 0.5) is 10.5 Å². The number of para-hydroxylation sites is 1. The highest BCUT2D eigenvalue weighted by Gasteiger charge is 2.40. The topological polar surface area (TPSA) is 72.9 Å². The lowest BCUT2D eigenvalue weighted by molar-refractivity contribution is -0.143. The van der Waals surface area contributed by atoms with E-state index >= 15 is 0 Å². The van der Waals surface area contributed by atoms with Gasteiger partial charge in [-0.25, -0.2) is 4.79 Å². The van der Waals surface area contributed by atoms with Crippen LogP contribution in [0, 0.1) is 28.7 Å². The Morgan fingerprint density at radius 1 is 0.951 bits per heavy atom. The highest BCUT2D eigenvalue weighted by atomic mass is 28.3. The van der Waals surface area contributed by atoms with Crippen LogP contribution in [0.15, 0.2) is 66.3 Å². The van der Waals surface area contributed by atoms with E-state index in [1.54, 1.807) is 75.4 Å². The lowest BCUT2D eigenvalue weighted by atomic mass is 9.79. The number of ether oxygens (including phenoxy) is 2. The first kappa shape index (κ1) is 29.6. The summed E-state index contributed by atoms with van der Waals surface area (Å²) in [5.41, 5.74) is 4.90. The Morgan fingerprint density at radius 3 is 2.34 bits per heavy atom. The van der Waals surface area contributed by atoms with Gasteiger partial charge in [0.25, 0.3) is 0 Å². The number of ketones is 1. The van der Waals surface area contributed by atoms with Crippen LogP contribution in [0.2, 0.25) is 19.6 Å². The first-order chi connectivity index (χ1) is 19.3. The highest BCUT2D eigenvalue weighted by Crippen LogP contribution is 2.45. The summed E-state index contributed by atoms with van der Waals surface area (Å²) < 4.78 is 11.4. The maximum Gasteiger partial charge on any atom is 0.421 e. The van der Waals surface area contributed by atoms with E-state index in [0.717, 1.165) is 5.57 Å². The molecule has 1 heterocycles. The third-order valence-electron chi connectivity index (χ3n) is 6.42. The molecule has 41 heavy (non-hydrogen) atoms. The number of benzene rings is 2. The molecule has 2 aromatic carbocycles. The second kappa shape index (κ2) is 12.0. The maximum absolute atomic E-state index is 13.8. The summed E-state index contributed by atoms with van der Waals surface area (Å²) in [6.45, 7) is 11.8. The van der Waals surface area contributed by atoms with Gasteiger partial charge in [0, 0.05) is 23.6 Å². The minimum atomic E-state index is -1.52. The van der Waals surface area contributed by atoms with Gasteiger partial charge in [0.1, 0.15) is 25.6 Å². The summed E-state index contributed by atoms with van der Waals surface area (Å²) >= 11 is 0. The molecule has 0 bridgehead atoms. The van der Waals surface area contributed by atoms with E-state index in [2.05, 4.69) is 42.9 Å². The molecule has 7 heteroatoms. The van der Waals surface area contributed by atoms with Gasteiger partial charge in [-0.2, -0.15) is 0 Å². The van der Waals surface area contributed by atoms with E-state index in [1.807, 2.05) is 6.07 Å². The number of nitrogens with zero attached hydrogens (tertiary/aromatic N) is 1. The van der Waals surface area contributed by atoms with E-state index < -0.39 is 31.6 Å². The van der Waals surface area contributed by atoms with Gasteiger partial charge < -0.3 is 9.47 Å². The summed E-state index contributed by atoms with van der Waals surface area (Å²) in [5.74, 6) is 9.52. The third-order valence-corrected chi connectivity index (χ3v) is 7.32. The molecule has 1 aliphatic carbocycles. The quantitative estimate of drug-likeness (QED) is 0.170. The fraction of sp³-hybridized carbons (Fsp3) is 0.324. The van der Waals surface area contributed by atoms with Gasteiger partial charge in [0.15, 0.2) is 5.78 Å². The molecule has 0 radical (unpaired) electrons. The number of fused-ring (bicyclic) bond motifs is 2. The molecule has 0 fully saturated rings. The standard InChI is InChI=1S/C34H35NO5Si/c1-34(2,3)32(37)39-25-20-21-27-29(23-25)35(33(38)40-24-15-10-9-11-16-24)28(26-17-14-19-30(36)31(26)27)18-12-7-8-13-22-41(4,5)6/h7-11,15-16,20-21,23,28H,14,17,19H2,1-6H3/b8-7-. The Hall–Kier alpha value is -4.33. The number of carbonyl (C=O) groups is 3. The molecule has 2 aliphatic rings. The predicted molar refractivity (Wildman–Crippen MR) is 164 cm³/mol. The normalized spacial score (nSPS) is 16.6. The van der Waals surface area contributed by atoms with Crippen molar-refractivity contribution >= 4 is 37.2 Å². The van der Waals surface area contributed by atoms with Crippen molar-refractivity contribution in [3.63, 3.8) is 0 Å². The van der Waals surface area contributed by atoms with Crippen molar-refractivity contribution in [2.24, 2.45) is 5.41 Å². The monoisotopic (exact) mass is 565 g/mol. The van der Waals surface area contributed by atoms with Crippen molar-refractivity contribution in [2.75, 3.05) is 4.90 Å². The van der Waals surface area contributed by atoms with Gasteiger partial charge in [-0.05, 0) is 75.6 Å². The molecule has 2 aromatic rings.